The maximum Gasteiger partial charge on any atom is 0.220 e. The molecule has 3 N–H and O–H groups in total. The molecule has 0 radical (unpaired) electrons. The van der Waals surface area contributed by atoms with E-state index in [1.54, 1.807) is 0 Å². The van der Waals surface area contributed by atoms with Crippen LogP contribution < -0.4 is 5.73 Å². The van der Waals surface area contributed by atoms with Crippen LogP contribution in [0.15, 0.2) is 35.9 Å². The largest absolute Gasteiger partial charge is 0.393 e. The van der Waals surface area contributed by atoms with E-state index in [1.807, 2.05) is 24.3 Å². The van der Waals surface area contributed by atoms with Gasteiger partial charge in [-0.25, -0.2) is 9.97 Å². The number of aliphatic hydroxyl groups excluding tert-OH is 1. The second-order valence-electron chi connectivity index (χ2n) is 11.1. The van der Waals surface area contributed by atoms with Crippen molar-refractivity contribution in [1.82, 2.24) is 9.97 Å². The van der Waals surface area contributed by atoms with Gasteiger partial charge in [-0.2, -0.15) is 0 Å². The Morgan fingerprint density at radius 3 is 2.62 bits per heavy atom. The Morgan fingerprint density at radius 1 is 1.03 bits per heavy atom. The molecule has 168 valence electrons. The minimum absolute atomic E-state index is 0.0272. The van der Waals surface area contributed by atoms with Gasteiger partial charge in [-0.1, -0.05) is 55.3 Å². The van der Waals surface area contributed by atoms with Crippen molar-refractivity contribution >= 4 is 17.5 Å². The lowest BCUT2D eigenvalue weighted by molar-refractivity contribution is -0.0169. The number of nitrogens with zero attached hydrogens (tertiary/aromatic N) is 2. The number of aromatic nitrogens is 2. The first-order chi connectivity index (χ1) is 15.3. The van der Waals surface area contributed by atoms with Gasteiger partial charge in [-0.3, -0.25) is 0 Å². The number of hydrogen-bond acceptors (Lipinski definition) is 4. The highest BCUT2D eigenvalue weighted by Crippen LogP contribution is 2.64. The highest BCUT2D eigenvalue weighted by Gasteiger charge is 2.58. The number of rotatable bonds is 1. The molecule has 2 saturated carbocycles. The van der Waals surface area contributed by atoms with Crippen LogP contribution in [0.4, 0.5) is 5.95 Å². The number of aliphatic hydroxyl groups is 1. The number of allylic oxidation sites excluding steroid dienone is 1. The fraction of sp³-hybridized carbons (Fsp3) is 0.556. The first kappa shape index (κ1) is 20.7. The smallest absolute Gasteiger partial charge is 0.220 e. The van der Waals surface area contributed by atoms with Crippen LogP contribution in [0.3, 0.4) is 0 Å². The molecule has 0 amide bonds. The molecule has 2 fully saturated rings. The molecular formula is C27H32ClN3O. The molecule has 1 aromatic carbocycles. The molecule has 2 aromatic rings. The number of halogens is 1. The maximum atomic E-state index is 10.3. The monoisotopic (exact) mass is 449 g/mol. The second-order valence-corrected chi connectivity index (χ2v) is 11.5. The van der Waals surface area contributed by atoms with Gasteiger partial charge in [0.25, 0.3) is 0 Å². The van der Waals surface area contributed by atoms with E-state index < -0.39 is 0 Å². The first-order valence-electron chi connectivity index (χ1n) is 12.1. The summed E-state index contributed by atoms with van der Waals surface area (Å²) in [5, 5.41) is 11.0. The Labute approximate surface area is 195 Å². The first-order valence-corrected chi connectivity index (χ1v) is 12.5. The van der Waals surface area contributed by atoms with Crippen molar-refractivity contribution in [2.75, 3.05) is 5.73 Å². The Morgan fingerprint density at radius 2 is 1.81 bits per heavy atom. The lowest BCUT2D eigenvalue weighted by atomic mass is 9.48. The van der Waals surface area contributed by atoms with Gasteiger partial charge < -0.3 is 10.8 Å². The zero-order chi connectivity index (χ0) is 22.3. The van der Waals surface area contributed by atoms with Gasteiger partial charge in [0.1, 0.15) is 0 Å². The average molecular weight is 450 g/mol. The van der Waals surface area contributed by atoms with Crippen molar-refractivity contribution in [3.05, 3.63) is 52.2 Å². The van der Waals surface area contributed by atoms with Crippen LogP contribution in [0.1, 0.15) is 63.6 Å². The molecule has 4 nitrogen and oxygen atoms in total. The lowest BCUT2D eigenvalue weighted by Gasteiger charge is -2.57. The molecular weight excluding hydrogens is 418 g/mol. The summed E-state index contributed by atoms with van der Waals surface area (Å²) in [6.45, 7) is 4.88. The van der Waals surface area contributed by atoms with Gasteiger partial charge in [-0.15, -0.1) is 0 Å². The number of benzene rings is 1. The predicted molar refractivity (Wildman–Crippen MR) is 128 cm³/mol. The summed E-state index contributed by atoms with van der Waals surface area (Å²) in [5.74, 6) is 2.19. The van der Waals surface area contributed by atoms with Gasteiger partial charge in [-0.05, 0) is 74.2 Å². The van der Waals surface area contributed by atoms with Crippen molar-refractivity contribution in [2.45, 2.75) is 70.3 Å². The molecule has 0 bridgehead atoms. The van der Waals surface area contributed by atoms with E-state index in [-0.39, 0.29) is 16.9 Å². The Bertz CT molecular complexity index is 1130. The van der Waals surface area contributed by atoms with Crippen LogP contribution in [0.2, 0.25) is 5.02 Å². The quantitative estimate of drug-likeness (QED) is 0.546. The third-order valence-corrected chi connectivity index (χ3v) is 9.92. The molecule has 0 unspecified atom stereocenters. The van der Waals surface area contributed by atoms with Gasteiger partial charge in [0.05, 0.1) is 17.5 Å². The third-order valence-electron chi connectivity index (χ3n) is 9.59. The molecule has 4 aliphatic rings. The Balaban J connectivity index is 1.44. The van der Waals surface area contributed by atoms with Crippen LogP contribution in [0.5, 0.6) is 0 Å². The molecule has 1 heterocycles. The fourth-order valence-electron chi connectivity index (χ4n) is 7.90. The average Bonchev–Trinajstić information content (AvgIpc) is 3.07. The van der Waals surface area contributed by atoms with Crippen molar-refractivity contribution in [3.8, 4) is 11.3 Å². The number of nitrogens with two attached hydrogens (primary N) is 1. The molecule has 32 heavy (non-hydrogen) atoms. The van der Waals surface area contributed by atoms with Gasteiger partial charge >= 0.3 is 0 Å². The van der Waals surface area contributed by atoms with Crippen LogP contribution in [0.25, 0.3) is 11.3 Å². The normalized spacial score (nSPS) is 37.7. The topological polar surface area (TPSA) is 72.0 Å². The van der Waals surface area contributed by atoms with Crippen LogP contribution in [-0.4, -0.2) is 21.2 Å². The lowest BCUT2D eigenvalue weighted by Crippen LogP contribution is -2.51. The van der Waals surface area contributed by atoms with E-state index in [2.05, 4.69) is 19.9 Å². The van der Waals surface area contributed by atoms with Crippen molar-refractivity contribution < 1.29 is 5.11 Å². The van der Waals surface area contributed by atoms with Gasteiger partial charge in [0.2, 0.25) is 5.95 Å². The van der Waals surface area contributed by atoms with E-state index >= 15 is 0 Å². The van der Waals surface area contributed by atoms with E-state index in [4.69, 9.17) is 27.3 Å². The summed E-state index contributed by atoms with van der Waals surface area (Å²) >= 11 is 6.59. The van der Waals surface area contributed by atoms with Gasteiger partial charge in [0, 0.05) is 21.6 Å². The van der Waals surface area contributed by atoms with Crippen molar-refractivity contribution in [2.24, 2.45) is 23.2 Å². The summed E-state index contributed by atoms with van der Waals surface area (Å²) in [7, 11) is 0. The summed E-state index contributed by atoms with van der Waals surface area (Å²) in [5.41, 5.74) is 12.3. The Kier molecular flexibility index (Phi) is 4.55. The van der Waals surface area contributed by atoms with E-state index in [1.165, 1.54) is 17.6 Å². The summed E-state index contributed by atoms with van der Waals surface area (Å²) in [6.07, 6.45) is 9.67. The minimum atomic E-state index is -0.160. The zero-order valence-electron chi connectivity index (χ0n) is 18.9. The third kappa shape index (κ3) is 2.78. The van der Waals surface area contributed by atoms with Crippen LogP contribution >= 0.6 is 11.6 Å². The number of fused-ring (bicyclic) bond motifs is 7. The summed E-state index contributed by atoms with van der Waals surface area (Å²) < 4.78 is 0. The molecule has 5 heteroatoms. The maximum absolute atomic E-state index is 10.3. The molecule has 0 spiro atoms. The number of anilines is 1. The number of nitrogen functional groups attached to an aromatic ring is 1. The summed E-state index contributed by atoms with van der Waals surface area (Å²) in [4.78, 5) is 9.55. The molecule has 6 rings (SSSR count). The molecule has 1 aromatic heterocycles. The summed E-state index contributed by atoms with van der Waals surface area (Å²) in [6, 6.07) is 7.93. The zero-order valence-corrected chi connectivity index (χ0v) is 19.7. The molecule has 0 aliphatic heterocycles. The van der Waals surface area contributed by atoms with E-state index in [9.17, 15) is 5.11 Å². The molecule has 4 aliphatic carbocycles. The van der Waals surface area contributed by atoms with Crippen LogP contribution in [-0.2, 0) is 11.8 Å². The fourth-order valence-corrected chi connectivity index (χ4v) is 8.12. The molecule has 0 saturated heterocycles. The Hall–Kier alpha value is -1.91. The van der Waals surface area contributed by atoms with Gasteiger partial charge in [0.15, 0.2) is 0 Å². The highest BCUT2D eigenvalue weighted by molar-refractivity contribution is 6.33. The molecule has 6 atom stereocenters. The standard InChI is InChI=1S/C27H32ClN3O/c1-26-11-9-16(32)13-15(26)7-8-17-20(26)10-12-27(2)21(17)14-19-23(30-25(29)31-24(19)27)18-5-3-4-6-22(18)28/h3-7,16-17,20-21,32H,8-14H2,1-2H3,(H2,29,30,31)/t16-,17+,20-,21-,26-,27-/m0/s1. The van der Waals surface area contributed by atoms with Crippen LogP contribution in [0, 0.1) is 23.2 Å². The SMILES string of the molecule is C[C@]12CC[C@H](O)CC1=CC[C@@H]1[C@@H]2CC[C@]2(C)c3nc(N)nc(-c4ccccc4Cl)c3C[C@@H]12. The predicted octanol–water partition coefficient (Wildman–Crippen LogP) is 5.72. The van der Waals surface area contributed by atoms with E-state index in [0.717, 1.165) is 55.5 Å². The minimum Gasteiger partial charge on any atom is -0.393 e. The van der Waals surface area contributed by atoms with Crippen molar-refractivity contribution in [1.29, 1.82) is 0 Å². The number of hydrogen-bond donors (Lipinski definition) is 2. The van der Waals surface area contributed by atoms with Crippen molar-refractivity contribution in [3.63, 3.8) is 0 Å². The second kappa shape index (κ2) is 7.04. The van der Waals surface area contributed by atoms with E-state index in [0.29, 0.717) is 28.7 Å². The highest BCUT2D eigenvalue weighted by atomic mass is 35.5.